The van der Waals surface area contributed by atoms with E-state index >= 15 is 0 Å². The van der Waals surface area contributed by atoms with Crippen molar-refractivity contribution in [2.75, 3.05) is 11.9 Å². The summed E-state index contributed by atoms with van der Waals surface area (Å²) in [5.74, 6) is -5.88. The number of carbonyl (C=O) groups is 4. The van der Waals surface area contributed by atoms with E-state index in [4.69, 9.17) is 4.74 Å². The predicted octanol–water partition coefficient (Wildman–Crippen LogP) is 6.84. The second kappa shape index (κ2) is 13.4. The van der Waals surface area contributed by atoms with Crippen molar-refractivity contribution in [3.63, 3.8) is 0 Å². The number of amides is 1. The molecule has 0 radical (unpaired) electrons. The van der Waals surface area contributed by atoms with E-state index in [0.29, 0.717) is 6.07 Å². The van der Waals surface area contributed by atoms with Gasteiger partial charge in [-0.3, -0.25) is 19.2 Å². The van der Waals surface area contributed by atoms with Gasteiger partial charge in [0, 0.05) is 5.56 Å². The normalized spacial score (nSPS) is 11.9. The van der Waals surface area contributed by atoms with Gasteiger partial charge in [-0.15, -0.1) is 0 Å². The number of aliphatic carboxylic acids is 2. The molecule has 0 atom stereocenters. The van der Waals surface area contributed by atoms with Crippen LogP contribution >= 0.6 is 0 Å². The molecule has 0 fully saturated rings. The molecule has 4 rings (SSSR count). The second-order valence-electron chi connectivity index (χ2n) is 10.2. The standard InChI is InChI=1S/C33H23F6NO7/c34-32(35,36)22-13-11-20(12-14-22)23-8-4-5-9-24(23)28(42)40-26-15-10-19(16-25(26)33(37,38)39)17-27(41)47-18-31(29(43)44,30(45)46)21-6-2-1-3-7-21/h1-16H,17-18H2,(H,40,42)(H,43,44)(H,45,46). The fourth-order valence-corrected chi connectivity index (χ4v) is 4.68. The first-order valence-electron chi connectivity index (χ1n) is 13.5. The third kappa shape index (κ3) is 7.60. The molecular formula is C33H23F6NO7. The van der Waals surface area contributed by atoms with Crippen LogP contribution in [-0.2, 0) is 43.3 Å². The molecule has 47 heavy (non-hydrogen) atoms. The third-order valence-electron chi connectivity index (χ3n) is 7.13. The van der Waals surface area contributed by atoms with Crippen molar-refractivity contribution in [3.05, 3.63) is 125 Å². The minimum atomic E-state index is -5.04. The van der Waals surface area contributed by atoms with E-state index in [-0.39, 0.29) is 27.8 Å². The number of hydrogen-bond acceptors (Lipinski definition) is 5. The fraction of sp³-hybridized carbons (Fsp3) is 0.152. The summed E-state index contributed by atoms with van der Waals surface area (Å²) in [6.45, 7) is -1.15. The first-order chi connectivity index (χ1) is 22.0. The summed E-state index contributed by atoms with van der Waals surface area (Å²) < 4.78 is 86.1. The first-order valence-corrected chi connectivity index (χ1v) is 13.5. The van der Waals surface area contributed by atoms with E-state index in [0.717, 1.165) is 36.4 Å². The minimum Gasteiger partial charge on any atom is -0.480 e. The summed E-state index contributed by atoms with van der Waals surface area (Å²) in [6, 6.07) is 18.7. The average Bonchev–Trinajstić information content (AvgIpc) is 3.01. The number of benzene rings is 4. The summed E-state index contributed by atoms with van der Waals surface area (Å²) in [5, 5.41) is 21.6. The number of carbonyl (C=O) groups excluding carboxylic acids is 2. The highest BCUT2D eigenvalue weighted by atomic mass is 19.4. The van der Waals surface area contributed by atoms with Gasteiger partial charge in [0.25, 0.3) is 5.91 Å². The lowest BCUT2D eigenvalue weighted by atomic mass is 9.81. The van der Waals surface area contributed by atoms with Gasteiger partial charge in [-0.2, -0.15) is 26.3 Å². The van der Waals surface area contributed by atoms with Crippen molar-refractivity contribution in [1.82, 2.24) is 0 Å². The Kier molecular flexibility index (Phi) is 9.73. The average molecular weight is 660 g/mol. The number of carboxylic acid groups (broad SMARTS) is 2. The highest BCUT2D eigenvalue weighted by Gasteiger charge is 2.50. The van der Waals surface area contributed by atoms with Gasteiger partial charge in [0.1, 0.15) is 6.61 Å². The smallest absolute Gasteiger partial charge is 0.418 e. The number of anilines is 1. The summed E-state index contributed by atoms with van der Waals surface area (Å²) in [5.41, 5.74) is -5.88. The van der Waals surface area contributed by atoms with E-state index in [1.54, 1.807) is 0 Å². The van der Waals surface area contributed by atoms with Gasteiger partial charge in [-0.1, -0.05) is 66.7 Å². The van der Waals surface area contributed by atoms with Crippen LogP contribution in [0.1, 0.15) is 32.6 Å². The third-order valence-corrected chi connectivity index (χ3v) is 7.13. The molecule has 4 aromatic carbocycles. The SMILES string of the molecule is O=C(Cc1ccc(NC(=O)c2ccccc2-c2ccc(C(F)(F)F)cc2)c(C(F)(F)F)c1)OCC(C(=O)O)(C(=O)O)c1ccccc1. The van der Waals surface area contributed by atoms with Crippen LogP contribution in [0.15, 0.2) is 97.1 Å². The fourth-order valence-electron chi connectivity index (χ4n) is 4.68. The number of alkyl halides is 6. The molecular weight excluding hydrogens is 636 g/mol. The van der Waals surface area contributed by atoms with Crippen LogP contribution in [0.4, 0.5) is 32.0 Å². The molecule has 244 valence electrons. The van der Waals surface area contributed by atoms with Gasteiger partial charge in [0.15, 0.2) is 0 Å². The number of nitrogens with one attached hydrogen (secondary N) is 1. The van der Waals surface area contributed by atoms with Gasteiger partial charge in [0.2, 0.25) is 5.41 Å². The number of carboxylic acids is 2. The van der Waals surface area contributed by atoms with E-state index in [9.17, 15) is 55.7 Å². The van der Waals surface area contributed by atoms with Crippen molar-refractivity contribution in [1.29, 1.82) is 0 Å². The van der Waals surface area contributed by atoms with E-state index in [1.807, 2.05) is 0 Å². The van der Waals surface area contributed by atoms with Crippen molar-refractivity contribution >= 4 is 29.5 Å². The largest absolute Gasteiger partial charge is 0.480 e. The van der Waals surface area contributed by atoms with Gasteiger partial charge < -0.3 is 20.3 Å². The van der Waals surface area contributed by atoms with Crippen LogP contribution in [0.3, 0.4) is 0 Å². The molecule has 0 saturated heterocycles. The maximum Gasteiger partial charge on any atom is 0.418 e. The molecule has 0 aliphatic carbocycles. The van der Waals surface area contributed by atoms with Gasteiger partial charge in [0.05, 0.1) is 23.2 Å². The zero-order chi connectivity index (χ0) is 34.6. The zero-order valence-electron chi connectivity index (χ0n) is 23.9. The zero-order valence-corrected chi connectivity index (χ0v) is 23.9. The predicted molar refractivity (Wildman–Crippen MR) is 154 cm³/mol. The maximum absolute atomic E-state index is 14.1. The Hall–Kier alpha value is -5.66. The van der Waals surface area contributed by atoms with Crippen LogP contribution in [-0.4, -0.2) is 40.6 Å². The summed E-state index contributed by atoms with van der Waals surface area (Å²) in [4.78, 5) is 49.7. The highest BCUT2D eigenvalue weighted by Crippen LogP contribution is 2.37. The second-order valence-corrected chi connectivity index (χ2v) is 10.2. The Morgan fingerprint density at radius 1 is 0.681 bits per heavy atom. The van der Waals surface area contributed by atoms with E-state index < -0.39 is 71.4 Å². The Balaban J connectivity index is 1.55. The minimum absolute atomic E-state index is 0.133. The molecule has 0 bridgehead atoms. The van der Waals surface area contributed by atoms with Crippen molar-refractivity contribution in [2.45, 2.75) is 24.2 Å². The molecule has 3 N–H and O–H groups in total. The molecule has 14 heteroatoms. The molecule has 0 spiro atoms. The first kappa shape index (κ1) is 34.2. The van der Waals surface area contributed by atoms with Crippen molar-refractivity contribution < 1.29 is 60.5 Å². The summed E-state index contributed by atoms with van der Waals surface area (Å²) in [7, 11) is 0. The molecule has 0 heterocycles. The van der Waals surface area contributed by atoms with Crippen molar-refractivity contribution in [3.8, 4) is 11.1 Å². The van der Waals surface area contributed by atoms with Gasteiger partial charge in [-0.05, 0) is 52.6 Å². The molecule has 0 aliphatic rings. The van der Waals surface area contributed by atoms with Gasteiger partial charge in [-0.25, -0.2) is 0 Å². The number of rotatable bonds is 10. The molecule has 1 amide bonds. The van der Waals surface area contributed by atoms with Crippen molar-refractivity contribution in [2.24, 2.45) is 0 Å². The number of esters is 1. The summed E-state index contributed by atoms with van der Waals surface area (Å²) in [6.07, 6.45) is -10.4. The Morgan fingerprint density at radius 3 is 1.85 bits per heavy atom. The summed E-state index contributed by atoms with van der Waals surface area (Å²) >= 11 is 0. The number of hydrogen-bond donors (Lipinski definition) is 3. The number of halogens is 6. The van der Waals surface area contributed by atoms with Crippen LogP contribution in [0.2, 0.25) is 0 Å². The van der Waals surface area contributed by atoms with Crippen LogP contribution in [0.25, 0.3) is 11.1 Å². The topological polar surface area (TPSA) is 130 Å². The monoisotopic (exact) mass is 659 g/mol. The Morgan fingerprint density at radius 2 is 1.28 bits per heavy atom. The molecule has 8 nitrogen and oxygen atoms in total. The van der Waals surface area contributed by atoms with Crippen LogP contribution in [0, 0.1) is 0 Å². The van der Waals surface area contributed by atoms with Gasteiger partial charge >= 0.3 is 30.3 Å². The highest BCUT2D eigenvalue weighted by molar-refractivity contribution is 6.09. The lowest BCUT2D eigenvalue weighted by Gasteiger charge is -2.25. The lowest BCUT2D eigenvalue weighted by molar-refractivity contribution is -0.164. The Bertz CT molecular complexity index is 1790. The maximum atomic E-state index is 14.1. The quantitative estimate of drug-likeness (QED) is 0.0966. The Labute approximate surface area is 262 Å². The van der Waals surface area contributed by atoms with E-state index in [1.165, 1.54) is 54.6 Å². The molecule has 0 saturated carbocycles. The van der Waals surface area contributed by atoms with Crippen LogP contribution in [0.5, 0.6) is 0 Å². The lowest BCUT2D eigenvalue weighted by Crippen LogP contribution is -2.48. The van der Waals surface area contributed by atoms with E-state index in [2.05, 4.69) is 5.32 Å². The molecule has 4 aromatic rings. The number of ether oxygens (including phenoxy) is 1. The molecule has 0 aromatic heterocycles. The molecule has 0 unspecified atom stereocenters. The molecule has 0 aliphatic heterocycles. The van der Waals surface area contributed by atoms with Crippen LogP contribution < -0.4 is 5.32 Å².